The predicted octanol–water partition coefficient (Wildman–Crippen LogP) is -0.425. The molecule has 0 aromatic heterocycles. The summed E-state index contributed by atoms with van der Waals surface area (Å²) in [6.07, 6.45) is 0. The monoisotopic (exact) mass is 202 g/mol. The molecule has 0 aliphatic carbocycles. The molecule has 0 spiro atoms. The first kappa shape index (κ1) is 9.30. The number of hydrogen-bond donors (Lipinski definition) is 0. The molecule has 0 aliphatic rings. The Morgan fingerprint density at radius 1 is 1.20 bits per heavy atom. The normalized spacial score (nSPS) is 10.2. The van der Waals surface area contributed by atoms with Crippen molar-refractivity contribution in [1.82, 2.24) is 0 Å². The predicted molar refractivity (Wildman–Crippen MR) is 52.2 cm³/mol. The quantitative estimate of drug-likeness (QED) is 0.465. The van der Waals surface area contributed by atoms with Gasteiger partial charge in [0.2, 0.25) is 0 Å². The van der Waals surface area contributed by atoms with Gasteiger partial charge < -0.3 is 10.3 Å². The van der Waals surface area contributed by atoms with Gasteiger partial charge in [0.15, 0.2) is 0 Å². The van der Waals surface area contributed by atoms with Crippen LogP contribution in [0, 0.1) is 0 Å². The van der Waals surface area contributed by atoms with Gasteiger partial charge >= 0.3 is 5.36 Å². The first-order valence-corrected chi connectivity index (χ1v) is 4.18. The van der Waals surface area contributed by atoms with Crippen molar-refractivity contribution in [3.05, 3.63) is 49.5 Å². The third kappa shape index (κ3) is 1.18. The highest BCUT2D eigenvalue weighted by molar-refractivity contribution is 5.84. The average Bonchev–Trinajstić information content (AvgIpc) is 2.51. The SMILES string of the molecule is COc1ccc2c(=O)c(=[N+]=[N-])c(=O)c2c1. The molecule has 0 fully saturated rings. The minimum absolute atomic E-state index is 0.215. The van der Waals surface area contributed by atoms with E-state index in [1.807, 2.05) is 0 Å². The first-order chi connectivity index (χ1) is 7.19. The smallest absolute Gasteiger partial charge is 0.410 e. The second-order valence-electron chi connectivity index (χ2n) is 3.02. The second kappa shape index (κ2) is 3.15. The van der Waals surface area contributed by atoms with Crippen molar-refractivity contribution < 1.29 is 9.53 Å². The number of nitrogens with zero attached hydrogens (tertiary/aromatic N) is 2. The van der Waals surface area contributed by atoms with Crippen LogP contribution < -0.4 is 21.0 Å². The fourth-order valence-electron chi connectivity index (χ4n) is 1.49. The van der Waals surface area contributed by atoms with E-state index in [0.717, 1.165) is 0 Å². The highest BCUT2D eigenvalue weighted by Gasteiger charge is 2.16. The molecule has 0 saturated carbocycles. The molecule has 0 heterocycles. The zero-order valence-corrected chi connectivity index (χ0v) is 7.85. The third-order valence-corrected chi connectivity index (χ3v) is 2.25. The Morgan fingerprint density at radius 3 is 2.47 bits per heavy atom. The molecule has 2 aromatic rings. The summed E-state index contributed by atoms with van der Waals surface area (Å²) in [6.45, 7) is 0. The van der Waals surface area contributed by atoms with E-state index in [1.54, 1.807) is 6.07 Å². The summed E-state index contributed by atoms with van der Waals surface area (Å²) in [5, 5.41) is 0.0130. The van der Waals surface area contributed by atoms with Crippen LogP contribution in [0.15, 0.2) is 27.8 Å². The van der Waals surface area contributed by atoms with E-state index in [2.05, 4.69) is 4.79 Å². The van der Waals surface area contributed by atoms with Gasteiger partial charge in [0, 0.05) is 10.8 Å². The minimum Gasteiger partial charge on any atom is -0.497 e. The van der Waals surface area contributed by atoms with Gasteiger partial charge in [-0.3, -0.25) is 9.59 Å². The molecule has 15 heavy (non-hydrogen) atoms. The summed E-state index contributed by atoms with van der Waals surface area (Å²) in [5.41, 5.74) is 7.39. The van der Waals surface area contributed by atoms with Crippen molar-refractivity contribution in [3.8, 4) is 5.75 Å². The van der Waals surface area contributed by atoms with Crippen LogP contribution in [-0.2, 0) is 0 Å². The fraction of sp³-hybridized carbons (Fsp3) is 0.100. The highest BCUT2D eigenvalue weighted by Crippen LogP contribution is 2.14. The number of ether oxygens (including phenoxy) is 1. The molecule has 0 atom stereocenters. The van der Waals surface area contributed by atoms with Crippen LogP contribution in [0.25, 0.3) is 16.3 Å². The summed E-state index contributed by atoms with van der Waals surface area (Å²) >= 11 is 0. The van der Waals surface area contributed by atoms with Gasteiger partial charge in [0.25, 0.3) is 10.9 Å². The maximum atomic E-state index is 11.5. The van der Waals surface area contributed by atoms with Crippen LogP contribution in [0.1, 0.15) is 0 Å². The van der Waals surface area contributed by atoms with Crippen molar-refractivity contribution in [2.75, 3.05) is 7.11 Å². The number of fused-ring (bicyclic) bond motifs is 1. The van der Waals surface area contributed by atoms with E-state index in [0.29, 0.717) is 5.75 Å². The molecule has 0 radical (unpaired) electrons. The maximum absolute atomic E-state index is 11.5. The van der Waals surface area contributed by atoms with E-state index >= 15 is 0 Å². The Hall–Kier alpha value is -2.26. The molecular weight excluding hydrogens is 196 g/mol. The van der Waals surface area contributed by atoms with Crippen LogP contribution >= 0.6 is 0 Å². The molecule has 2 rings (SSSR count). The zero-order chi connectivity index (χ0) is 11.0. The molecule has 5 heteroatoms. The fourth-order valence-corrected chi connectivity index (χ4v) is 1.49. The highest BCUT2D eigenvalue weighted by atomic mass is 16.5. The molecule has 5 nitrogen and oxygen atoms in total. The van der Waals surface area contributed by atoms with Gasteiger partial charge in [-0.05, 0) is 18.2 Å². The Kier molecular flexibility index (Phi) is 1.95. The van der Waals surface area contributed by atoms with Crippen molar-refractivity contribution in [3.63, 3.8) is 0 Å². The zero-order valence-electron chi connectivity index (χ0n) is 7.85. The van der Waals surface area contributed by atoms with Gasteiger partial charge in [0.05, 0.1) is 7.11 Å². The van der Waals surface area contributed by atoms with E-state index in [-0.39, 0.29) is 10.8 Å². The first-order valence-electron chi connectivity index (χ1n) is 4.18. The Balaban J connectivity index is 3.11. The molecule has 0 bridgehead atoms. The van der Waals surface area contributed by atoms with Crippen LogP contribution in [0.3, 0.4) is 0 Å². The second-order valence-corrected chi connectivity index (χ2v) is 3.02. The average molecular weight is 202 g/mol. The number of hydrogen-bond acceptors (Lipinski definition) is 3. The van der Waals surface area contributed by atoms with Crippen molar-refractivity contribution in [2.24, 2.45) is 0 Å². The van der Waals surface area contributed by atoms with Gasteiger partial charge in [-0.1, -0.05) is 0 Å². The van der Waals surface area contributed by atoms with Gasteiger partial charge in [-0.25, -0.2) is 0 Å². The summed E-state index contributed by atoms with van der Waals surface area (Å²) in [5.74, 6) is 0.481. The molecule has 0 saturated heterocycles. The molecule has 2 aromatic carbocycles. The summed E-state index contributed by atoms with van der Waals surface area (Å²) in [6, 6.07) is 4.50. The molecular formula is C10H6N2O3. The summed E-state index contributed by atoms with van der Waals surface area (Å²) in [4.78, 5) is 25.7. The molecule has 0 amide bonds. The number of methoxy groups -OCH3 is 1. The molecule has 74 valence electrons. The lowest BCUT2D eigenvalue weighted by molar-refractivity contribution is -0.0674. The topological polar surface area (TPSA) is 79.8 Å². The van der Waals surface area contributed by atoms with Crippen molar-refractivity contribution >= 4 is 10.8 Å². The lowest BCUT2D eigenvalue weighted by Gasteiger charge is -1.96. The van der Waals surface area contributed by atoms with E-state index < -0.39 is 16.2 Å². The van der Waals surface area contributed by atoms with Crippen LogP contribution in [-0.4, -0.2) is 11.9 Å². The van der Waals surface area contributed by atoms with Gasteiger partial charge in [0.1, 0.15) is 5.75 Å². The van der Waals surface area contributed by atoms with Crippen LogP contribution in [0.5, 0.6) is 5.75 Å². The van der Waals surface area contributed by atoms with Crippen LogP contribution in [0.4, 0.5) is 0 Å². The van der Waals surface area contributed by atoms with Crippen molar-refractivity contribution in [1.29, 1.82) is 0 Å². The number of benzene rings is 1. The Morgan fingerprint density at radius 2 is 1.87 bits per heavy atom. The van der Waals surface area contributed by atoms with Crippen LogP contribution in [0.2, 0.25) is 0 Å². The van der Waals surface area contributed by atoms with Crippen molar-refractivity contribution in [2.45, 2.75) is 0 Å². The molecule has 0 aliphatic heterocycles. The minimum atomic E-state index is -0.573. The van der Waals surface area contributed by atoms with Gasteiger partial charge in [-0.15, -0.1) is 0 Å². The Labute approximate surface area is 83.5 Å². The summed E-state index contributed by atoms with van der Waals surface area (Å²) < 4.78 is 4.93. The largest absolute Gasteiger partial charge is 0.497 e. The van der Waals surface area contributed by atoms with E-state index in [4.69, 9.17) is 10.3 Å². The lowest BCUT2D eigenvalue weighted by atomic mass is 10.2. The Bertz CT molecular complexity index is 705. The van der Waals surface area contributed by atoms with E-state index in [1.165, 1.54) is 19.2 Å². The molecule has 0 N–H and O–H groups in total. The third-order valence-electron chi connectivity index (χ3n) is 2.25. The summed E-state index contributed by atoms with van der Waals surface area (Å²) in [7, 11) is 1.46. The lowest BCUT2D eigenvalue weighted by Crippen LogP contribution is -2.32. The number of rotatable bonds is 1. The van der Waals surface area contributed by atoms with E-state index in [9.17, 15) is 9.59 Å². The maximum Gasteiger partial charge on any atom is 0.410 e. The molecule has 0 unspecified atom stereocenters. The van der Waals surface area contributed by atoms with Gasteiger partial charge in [-0.2, -0.15) is 4.79 Å². The standard InChI is InChI=1S/C10H6N2O3/c1-15-5-2-3-6-7(4-5)10(14)8(12-11)9(6)13/h2-4H,1H3.